The molecule has 0 saturated heterocycles. The molecule has 5 heavy (non-hydrogen) atoms. The van der Waals surface area contributed by atoms with Gasteiger partial charge in [0.25, 0.3) is 0 Å². The summed E-state index contributed by atoms with van der Waals surface area (Å²) in [6.45, 7) is 6.93. The first kappa shape index (κ1) is 4.99. The quantitative estimate of drug-likeness (QED) is 0.507. The number of rotatable bonds is 2. The van der Waals surface area contributed by atoms with Crippen molar-refractivity contribution < 1.29 is 14.7 Å². The zero-order chi connectivity index (χ0) is 4.12. The molecule has 0 aromatic rings. The van der Waals surface area contributed by atoms with Gasteiger partial charge in [0.1, 0.15) is 0 Å². The molecule has 0 heterocycles. The predicted octanol–water partition coefficient (Wildman–Crippen LogP) is 1.36. The van der Waals surface area contributed by atoms with Gasteiger partial charge in [-0.3, -0.25) is 0 Å². The molecular formula is C4H6Co. The number of hydrogen-bond donors (Lipinski definition) is 0. The maximum absolute atomic E-state index is 3.47. The summed E-state index contributed by atoms with van der Waals surface area (Å²) in [6, 6.07) is 0. The summed E-state index contributed by atoms with van der Waals surface area (Å²) in [4.78, 5) is 0. The monoisotopic (exact) mass is 113 g/mol. The molecule has 0 aromatic heterocycles. The molecule has 0 aromatic carbocycles. The Morgan fingerprint density at radius 2 is 1.60 bits per heavy atom. The fourth-order valence-electron chi connectivity index (χ4n) is 0.0556. The molecule has 0 aliphatic rings. The summed E-state index contributed by atoms with van der Waals surface area (Å²) in [5.74, 6) is 0. The molecule has 0 atom stereocenters. The maximum atomic E-state index is 3.47. The van der Waals surface area contributed by atoms with Crippen molar-refractivity contribution in [2.24, 2.45) is 0 Å². The Morgan fingerprint density at radius 3 is 1.60 bits per heavy atom. The van der Waals surface area contributed by atoms with Crippen molar-refractivity contribution >= 4 is 0 Å². The van der Waals surface area contributed by atoms with Crippen LogP contribution in [0.3, 0.4) is 0 Å². The van der Waals surface area contributed by atoms with Gasteiger partial charge in [-0.15, -0.1) is 0 Å². The van der Waals surface area contributed by atoms with Gasteiger partial charge >= 0.3 is 37.9 Å². The fourth-order valence-corrected chi connectivity index (χ4v) is 0.229. The van der Waals surface area contributed by atoms with Crippen molar-refractivity contribution in [3.63, 3.8) is 0 Å². The normalized spacial score (nSPS) is 7.20. The van der Waals surface area contributed by atoms with Gasteiger partial charge in [-0.05, 0) is 0 Å². The van der Waals surface area contributed by atoms with E-state index in [2.05, 4.69) is 13.2 Å². The second-order valence-corrected chi connectivity index (χ2v) is 1.58. The SMILES string of the molecule is C=[CH][Co][CH]=C. The molecule has 0 saturated carbocycles. The van der Waals surface area contributed by atoms with Crippen LogP contribution in [0.15, 0.2) is 23.2 Å². The first-order chi connectivity index (χ1) is 2.41. The van der Waals surface area contributed by atoms with Crippen molar-refractivity contribution in [3.8, 4) is 0 Å². The van der Waals surface area contributed by atoms with Crippen LogP contribution in [0.1, 0.15) is 0 Å². The van der Waals surface area contributed by atoms with Crippen molar-refractivity contribution in [2.45, 2.75) is 0 Å². The summed E-state index contributed by atoms with van der Waals surface area (Å²) in [7, 11) is 0. The van der Waals surface area contributed by atoms with Crippen LogP contribution in [0.5, 0.6) is 0 Å². The van der Waals surface area contributed by atoms with Crippen LogP contribution < -0.4 is 0 Å². The molecule has 0 aliphatic heterocycles. The van der Waals surface area contributed by atoms with Crippen LogP contribution in [-0.2, 0) is 14.7 Å². The summed E-state index contributed by atoms with van der Waals surface area (Å²) in [6.07, 6.45) is 0. The molecule has 0 spiro atoms. The fraction of sp³-hybridized carbons (Fsp3) is 0. The molecule has 0 amide bonds. The van der Waals surface area contributed by atoms with E-state index >= 15 is 0 Å². The molecular weight excluding hydrogens is 107 g/mol. The second kappa shape index (κ2) is 3.99. The van der Waals surface area contributed by atoms with E-state index in [1.54, 1.807) is 10.0 Å². The molecule has 0 N–H and O–H groups in total. The first-order valence-corrected chi connectivity index (χ1v) is 2.40. The standard InChI is InChI=1S/2C2H3.Co/c2*1-2;/h2*1H,2H2;. The third kappa shape index (κ3) is 3.99. The van der Waals surface area contributed by atoms with E-state index < -0.39 is 0 Å². The van der Waals surface area contributed by atoms with Crippen LogP contribution in [0, 0.1) is 0 Å². The average molecular weight is 113 g/mol. The van der Waals surface area contributed by atoms with Crippen molar-refractivity contribution in [2.75, 3.05) is 0 Å². The summed E-state index contributed by atoms with van der Waals surface area (Å²) >= 11 is 1.13. The first-order valence-electron chi connectivity index (χ1n) is 1.20. The minimum absolute atomic E-state index is 1.13. The van der Waals surface area contributed by atoms with E-state index in [4.69, 9.17) is 0 Å². The van der Waals surface area contributed by atoms with Gasteiger partial charge in [0.15, 0.2) is 0 Å². The van der Waals surface area contributed by atoms with Crippen molar-refractivity contribution in [1.29, 1.82) is 0 Å². The zero-order valence-electron chi connectivity index (χ0n) is 2.90. The summed E-state index contributed by atoms with van der Waals surface area (Å²) in [5.41, 5.74) is 0. The molecule has 1 heteroatoms. The molecule has 0 nitrogen and oxygen atoms in total. The molecule has 0 unspecified atom stereocenters. The van der Waals surface area contributed by atoms with E-state index in [1.165, 1.54) is 0 Å². The summed E-state index contributed by atoms with van der Waals surface area (Å²) in [5, 5.41) is 3.56. The van der Waals surface area contributed by atoms with Crippen LogP contribution in [0.4, 0.5) is 0 Å². The van der Waals surface area contributed by atoms with E-state index in [0.717, 1.165) is 14.7 Å². The zero-order valence-corrected chi connectivity index (χ0v) is 3.94. The Bertz CT molecular complexity index is 32.9. The van der Waals surface area contributed by atoms with Gasteiger partial charge in [-0.2, -0.15) is 0 Å². The van der Waals surface area contributed by atoms with E-state index in [1.807, 2.05) is 0 Å². The molecule has 0 fully saturated rings. The van der Waals surface area contributed by atoms with Crippen molar-refractivity contribution in [1.82, 2.24) is 0 Å². The average Bonchev–Trinajstić information content (AvgIpc) is 1.41. The van der Waals surface area contributed by atoms with Crippen molar-refractivity contribution in [3.05, 3.63) is 23.2 Å². The molecule has 0 rings (SSSR count). The molecule has 31 valence electrons. The van der Waals surface area contributed by atoms with Crippen LogP contribution in [-0.4, -0.2) is 0 Å². The Hall–Kier alpha value is -0.0135. The molecule has 0 aliphatic carbocycles. The summed E-state index contributed by atoms with van der Waals surface area (Å²) < 4.78 is 0. The van der Waals surface area contributed by atoms with Gasteiger partial charge in [0.05, 0.1) is 0 Å². The third-order valence-corrected chi connectivity index (χ3v) is 0.648. The van der Waals surface area contributed by atoms with Gasteiger partial charge in [0, 0.05) is 0 Å². The van der Waals surface area contributed by atoms with Gasteiger partial charge < -0.3 is 0 Å². The van der Waals surface area contributed by atoms with Crippen LogP contribution in [0.2, 0.25) is 0 Å². The Labute approximate surface area is 38.6 Å². The Kier molecular flexibility index (Phi) is 3.98. The predicted molar refractivity (Wildman–Crippen MR) is 20.4 cm³/mol. The number of hydrogen-bond acceptors (Lipinski definition) is 0. The van der Waals surface area contributed by atoms with Gasteiger partial charge in [0.2, 0.25) is 0 Å². The Balaban J connectivity index is 2.65. The van der Waals surface area contributed by atoms with E-state index in [0.29, 0.717) is 0 Å². The molecule has 0 bridgehead atoms. The molecule has 0 radical (unpaired) electrons. The van der Waals surface area contributed by atoms with E-state index in [9.17, 15) is 0 Å². The van der Waals surface area contributed by atoms with Crippen LogP contribution in [0.25, 0.3) is 0 Å². The second-order valence-electron chi connectivity index (χ2n) is 0.383. The topological polar surface area (TPSA) is 0 Å². The third-order valence-electron chi connectivity index (χ3n) is 0.157. The van der Waals surface area contributed by atoms with Crippen LogP contribution >= 0.6 is 0 Å². The van der Waals surface area contributed by atoms with Gasteiger partial charge in [-0.25, -0.2) is 0 Å². The Morgan fingerprint density at radius 1 is 1.20 bits per heavy atom. The van der Waals surface area contributed by atoms with E-state index in [-0.39, 0.29) is 0 Å². The minimum atomic E-state index is 1.13. The van der Waals surface area contributed by atoms with Gasteiger partial charge in [-0.1, -0.05) is 0 Å².